The van der Waals surface area contributed by atoms with Crippen LogP contribution in [0.2, 0.25) is 5.02 Å². The predicted molar refractivity (Wildman–Crippen MR) is 103 cm³/mol. The molecule has 0 amide bonds. The first-order chi connectivity index (χ1) is 12.6. The Morgan fingerprint density at radius 3 is 2.58 bits per heavy atom. The molecule has 0 spiro atoms. The summed E-state index contributed by atoms with van der Waals surface area (Å²) < 4.78 is 12.3. The number of ether oxygens (including phenoxy) is 2. The Kier molecular flexibility index (Phi) is 5.44. The summed E-state index contributed by atoms with van der Waals surface area (Å²) in [6.07, 6.45) is 0.661. The van der Waals surface area contributed by atoms with E-state index in [9.17, 15) is 4.79 Å². The first-order valence-corrected chi connectivity index (χ1v) is 8.59. The highest BCUT2D eigenvalue weighted by Crippen LogP contribution is 2.32. The fraction of sp³-hybridized carbons (Fsp3) is 0.263. The van der Waals surface area contributed by atoms with Crippen LogP contribution in [0.3, 0.4) is 0 Å². The molecule has 0 aliphatic carbocycles. The number of halogens is 1. The van der Waals surface area contributed by atoms with Crippen molar-refractivity contribution < 1.29 is 9.47 Å². The number of aromatic nitrogens is 2. The molecule has 6 nitrogen and oxygen atoms in total. The van der Waals surface area contributed by atoms with Gasteiger partial charge in [-0.25, -0.2) is 4.98 Å². The van der Waals surface area contributed by atoms with Crippen molar-refractivity contribution in [1.29, 1.82) is 0 Å². The molecular formula is C19H20ClN3O3. The van der Waals surface area contributed by atoms with E-state index in [1.807, 2.05) is 6.07 Å². The number of hydrogen-bond acceptors (Lipinski definition) is 5. The monoisotopic (exact) mass is 373 g/mol. The zero-order chi connectivity index (χ0) is 18.7. The van der Waals surface area contributed by atoms with Crippen LogP contribution >= 0.6 is 11.6 Å². The summed E-state index contributed by atoms with van der Waals surface area (Å²) in [6.45, 7) is 0.944. The lowest BCUT2D eigenvalue weighted by atomic mass is 10.1. The molecule has 1 heterocycles. The van der Waals surface area contributed by atoms with Gasteiger partial charge in [-0.3, -0.25) is 9.36 Å². The molecule has 0 aliphatic rings. The third kappa shape index (κ3) is 3.38. The third-order valence-corrected chi connectivity index (χ3v) is 4.38. The van der Waals surface area contributed by atoms with Gasteiger partial charge >= 0.3 is 0 Å². The number of nitrogens with two attached hydrogens (primary N) is 1. The number of rotatable bonds is 6. The van der Waals surface area contributed by atoms with Gasteiger partial charge < -0.3 is 15.2 Å². The predicted octanol–water partition coefficient (Wildman–Crippen LogP) is 3.08. The van der Waals surface area contributed by atoms with Crippen LogP contribution in [0.1, 0.15) is 6.42 Å². The number of nitrogens with zero attached hydrogens (tertiary/aromatic N) is 2. The van der Waals surface area contributed by atoms with Crippen LogP contribution in [0.4, 0.5) is 0 Å². The van der Waals surface area contributed by atoms with Gasteiger partial charge in [0.15, 0.2) is 11.5 Å². The summed E-state index contributed by atoms with van der Waals surface area (Å²) in [5, 5.41) is 0.986. The average molecular weight is 374 g/mol. The molecule has 0 atom stereocenters. The molecule has 0 radical (unpaired) electrons. The molecule has 2 aromatic carbocycles. The molecule has 0 fully saturated rings. The van der Waals surface area contributed by atoms with Gasteiger partial charge in [0.05, 0.1) is 25.1 Å². The second kappa shape index (κ2) is 7.76. The minimum absolute atomic E-state index is 0.143. The Balaban J connectivity index is 2.27. The molecule has 2 N–H and O–H groups in total. The highest BCUT2D eigenvalue weighted by atomic mass is 35.5. The van der Waals surface area contributed by atoms with Gasteiger partial charge in [0.2, 0.25) is 0 Å². The van der Waals surface area contributed by atoms with Gasteiger partial charge in [0.25, 0.3) is 5.56 Å². The fourth-order valence-electron chi connectivity index (χ4n) is 2.85. The van der Waals surface area contributed by atoms with E-state index in [-0.39, 0.29) is 5.56 Å². The molecule has 3 aromatic rings. The van der Waals surface area contributed by atoms with Crippen molar-refractivity contribution >= 4 is 22.5 Å². The van der Waals surface area contributed by atoms with E-state index in [0.717, 1.165) is 5.56 Å². The lowest BCUT2D eigenvalue weighted by molar-refractivity contribution is 0.355. The average Bonchev–Trinajstić information content (AvgIpc) is 2.67. The standard InChI is InChI=1S/C19H20ClN3O3/c1-25-16-7-4-12(10-17(16)26-2)18-22-15-6-5-13(20)11-14(15)19(24)23(18)9-3-8-21/h4-7,10-11H,3,8-9,21H2,1-2H3. The summed E-state index contributed by atoms with van der Waals surface area (Å²) in [7, 11) is 3.14. The zero-order valence-corrected chi connectivity index (χ0v) is 15.4. The third-order valence-electron chi connectivity index (χ3n) is 4.14. The molecule has 0 unspecified atom stereocenters. The quantitative estimate of drug-likeness (QED) is 0.718. The maximum atomic E-state index is 13.0. The molecule has 3 rings (SSSR count). The number of hydrogen-bond donors (Lipinski definition) is 1. The molecule has 7 heteroatoms. The van der Waals surface area contributed by atoms with Crippen molar-refractivity contribution in [3.8, 4) is 22.9 Å². The smallest absolute Gasteiger partial charge is 0.261 e. The molecule has 26 heavy (non-hydrogen) atoms. The highest BCUT2D eigenvalue weighted by Gasteiger charge is 2.15. The van der Waals surface area contributed by atoms with Gasteiger partial charge in [-0.05, 0) is 49.4 Å². The Labute approximate surface area is 156 Å². The Bertz CT molecular complexity index is 1000. The van der Waals surface area contributed by atoms with E-state index in [1.165, 1.54) is 0 Å². The van der Waals surface area contributed by atoms with Gasteiger partial charge in [0.1, 0.15) is 5.82 Å². The van der Waals surface area contributed by atoms with E-state index in [1.54, 1.807) is 49.1 Å². The summed E-state index contributed by atoms with van der Waals surface area (Å²) in [6, 6.07) is 10.6. The van der Waals surface area contributed by atoms with Crippen LogP contribution in [0.25, 0.3) is 22.3 Å². The van der Waals surface area contributed by atoms with Crippen LogP contribution in [-0.2, 0) is 6.54 Å². The number of fused-ring (bicyclic) bond motifs is 1. The molecule has 0 aliphatic heterocycles. The summed E-state index contributed by atoms with van der Waals surface area (Å²) >= 11 is 6.05. The van der Waals surface area contributed by atoms with E-state index < -0.39 is 0 Å². The van der Waals surface area contributed by atoms with Crippen LogP contribution < -0.4 is 20.8 Å². The van der Waals surface area contributed by atoms with Gasteiger partial charge in [-0.15, -0.1) is 0 Å². The van der Waals surface area contributed by atoms with Crippen molar-refractivity contribution in [2.75, 3.05) is 20.8 Å². The van der Waals surface area contributed by atoms with Gasteiger partial charge in [-0.2, -0.15) is 0 Å². The molecule has 0 bridgehead atoms. The second-order valence-corrected chi connectivity index (χ2v) is 6.20. The Hall–Kier alpha value is -2.57. The van der Waals surface area contributed by atoms with E-state index >= 15 is 0 Å². The van der Waals surface area contributed by atoms with Crippen molar-refractivity contribution in [2.24, 2.45) is 5.73 Å². The first kappa shape index (κ1) is 18.2. The summed E-state index contributed by atoms with van der Waals surface area (Å²) in [5.74, 6) is 1.74. The second-order valence-electron chi connectivity index (χ2n) is 5.77. The molecule has 136 valence electrons. The van der Waals surface area contributed by atoms with E-state index in [0.29, 0.717) is 52.8 Å². The van der Waals surface area contributed by atoms with Gasteiger partial charge in [-0.1, -0.05) is 11.6 Å². The van der Waals surface area contributed by atoms with Gasteiger partial charge in [0, 0.05) is 17.1 Å². The lowest BCUT2D eigenvalue weighted by Gasteiger charge is -2.15. The maximum Gasteiger partial charge on any atom is 0.261 e. The highest BCUT2D eigenvalue weighted by molar-refractivity contribution is 6.31. The SMILES string of the molecule is COc1ccc(-c2nc3ccc(Cl)cc3c(=O)n2CCCN)cc1OC. The van der Waals surface area contributed by atoms with E-state index in [2.05, 4.69) is 0 Å². The van der Waals surface area contributed by atoms with E-state index in [4.69, 9.17) is 31.8 Å². The normalized spacial score (nSPS) is 10.9. The lowest BCUT2D eigenvalue weighted by Crippen LogP contribution is -2.24. The molecule has 0 saturated heterocycles. The van der Waals surface area contributed by atoms with Crippen molar-refractivity contribution in [3.05, 3.63) is 51.8 Å². The molecular weight excluding hydrogens is 354 g/mol. The minimum Gasteiger partial charge on any atom is -0.493 e. The number of methoxy groups -OCH3 is 2. The van der Waals surface area contributed by atoms with Crippen LogP contribution in [0.15, 0.2) is 41.2 Å². The number of benzene rings is 2. The first-order valence-electron chi connectivity index (χ1n) is 8.21. The fourth-order valence-corrected chi connectivity index (χ4v) is 3.02. The largest absolute Gasteiger partial charge is 0.493 e. The van der Waals surface area contributed by atoms with Crippen molar-refractivity contribution in [3.63, 3.8) is 0 Å². The van der Waals surface area contributed by atoms with Crippen LogP contribution in [0, 0.1) is 0 Å². The Morgan fingerprint density at radius 1 is 1.12 bits per heavy atom. The molecule has 1 aromatic heterocycles. The van der Waals surface area contributed by atoms with Crippen molar-refractivity contribution in [2.45, 2.75) is 13.0 Å². The zero-order valence-electron chi connectivity index (χ0n) is 14.7. The Morgan fingerprint density at radius 2 is 1.88 bits per heavy atom. The maximum absolute atomic E-state index is 13.0. The van der Waals surface area contributed by atoms with Crippen LogP contribution in [0.5, 0.6) is 11.5 Å². The topological polar surface area (TPSA) is 79.4 Å². The van der Waals surface area contributed by atoms with Crippen molar-refractivity contribution in [1.82, 2.24) is 9.55 Å². The molecule has 0 saturated carbocycles. The summed E-state index contributed by atoms with van der Waals surface area (Å²) in [4.78, 5) is 17.7. The van der Waals surface area contributed by atoms with Crippen LogP contribution in [-0.4, -0.2) is 30.3 Å². The minimum atomic E-state index is -0.143. The summed E-state index contributed by atoms with van der Waals surface area (Å²) in [5.41, 5.74) is 6.85.